The van der Waals surface area contributed by atoms with Crippen LogP contribution in [0.2, 0.25) is 0 Å². The van der Waals surface area contributed by atoms with Crippen molar-refractivity contribution in [3.05, 3.63) is 36.5 Å². The Hall–Kier alpha value is -1.79. The first kappa shape index (κ1) is 13.2. The highest BCUT2D eigenvalue weighted by molar-refractivity contribution is 7.89. The molecule has 1 fully saturated rings. The zero-order valence-corrected chi connectivity index (χ0v) is 11.6. The number of piperidine rings is 1. The molecule has 6 heteroatoms. The van der Waals surface area contributed by atoms with Crippen LogP contribution in [-0.4, -0.2) is 36.6 Å². The minimum atomic E-state index is -3.57. The Morgan fingerprint density at radius 1 is 1.05 bits per heavy atom. The molecule has 0 amide bonds. The van der Waals surface area contributed by atoms with Crippen LogP contribution in [0, 0.1) is 0 Å². The fourth-order valence-electron chi connectivity index (χ4n) is 2.42. The van der Waals surface area contributed by atoms with E-state index >= 15 is 0 Å². The largest absolute Gasteiger partial charge is 0.300 e. The normalized spacial score (nSPS) is 17.5. The molecule has 0 aliphatic carbocycles. The van der Waals surface area contributed by atoms with E-state index in [1.807, 2.05) is 0 Å². The van der Waals surface area contributed by atoms with Crippen LogP contribution in [0.15, 0.2) is 41.4 Å². The highest BCUT2D eigenvalue weighted by Gasteiger charge is 2.29. The van der Waals surface area contributed by atoms with Gasteiger partial charge in [-0.3, -0.25) is 9.78 Å². The Bertz CT molecular complexity index is 756. The number of hydrogen-bond acceptors (Lipinski definition) is 4. The second kappa shape index (κ2) is 4.96. The Morgan fingerprint density at radius 2 is 1.80 bits per heavy atom. The third-order valence-corrected chi connectivity index (χ3v) is 5.46. The molecule has 2 heterocycles. The summed E-state index contributed by atoms with van der Waals surface area (Å²) in [5, 5.41) is 0.618. The quantitative estimate of drug-likeness (QED) is 0.842. The molecule has 2 aromatic rings. The van der Waals surface area contributed by atoms with Gasteiger partial charge < -0.3 is 0 Å². The summed E-state index contributed by atoms with van der Waals surface area (Å²) in [5.74, 6) is 0.121. The van der Waals surface area contributed by atoms with E-state index in [1.54, 1.807) is 36.5 Å². The maximum absolute atomic E-state index is 12.7. The summed E-state index contributed by atoms with van der Waals surface area (Å²) in [4.78, 5) is 15.7. The van der Waals surface area contributed by atoms with Crippen LogP contribution in [0.4, 0.5) is 0 Å². The molecule has 0 bridgehead atoms. The summed E-state index contributed by atoms with van der Waals surface area (Å²) in [7, 11) is -3.57. The highest BCUT2D eigenvalue weighted by Crippen LogP contribution is 2.25. The molecule has 3 rings (SSSR count). The molecule has 0 spiro atoms. The van der Waals surface area contributed by atoms with Crippen molar-refractivity contribution in [2.45, 2.75) is 17.7 Å². The second-order valence-electron chi connectivity index (χ2n) is 4.77. The van der Waals surface area contributed by atoms with Gasteiger partial charge in [0.25, 0.3) is 0 Å². The van der Waals surface area contributed by atoms with Crippen LogP contribution in [0.25, 0.3) is 10.9 Å². The number of carbonyl (C=O) groups excluding carboxylic acids is 1. The molecule has 20 heavy (non-hydrogen) atoms. The predicted molar refractivity (Wildman–Crippen MR) is 74.7 cm³/mol. The van der Waals surface area contributed by atoms with Gasteiger partial charge in [0.15, 0.2) is 0 Å². The molecular weight excluding hydrogens is 276 g/mol. The lowest BCUT2D eigenvalue weighted by molar-refractivity contribution is -0.120. The van der Waals surface area contributed by atoms with E-state index in [0.717, 1.165) is 0 Å². The Morgan fingerprint density at radius 3 is 2.55 bits per heavy atom. The van der Waals surface area contributed by atoms with Crippen molar-refractivity contribution >= 4 is 26.7 Å². The summed E-state index contributed by atoms with van der Waals surface area (Å²) in [6.07, 6.45) is 2.22. The molecule has 1 aromatic carbocycles. The maximum atomic E-state index is 12.7. The SMILES string of the molecule is O=C1CCN(S(=O)(=O)c2cccc3ncccc23)CC1. The zero-order chi connectivity index (χ0) is 14.2. The average molecular weight is 290 g/mol. The van der Waals surface area contributed by atoms with Crippen LogP contribution in [0.3, 0.4) is 0 Å². The number of benzene rings is 1. The monoisotopic (exact) mass is 290 g/mol. The van der Waals surface area contributed by atoms with E-state index in [1.165, 1.54) is 4.31 Å². The topological polar surface area (TPSA) is 67.3 Å². The van der Waals surface area contributed by atoms with Gasteiger partial charge in [-0.2, -0.15) is 4.31 Å². The lowest BCUT2D eigenvalue weighted by Crippen LogP contribution is -2.38. The van der Waals surface area contributed by atoms with E-state index in [-0.39, 0.29) is 23.8 Å². The van der Waals surface area contributed by atoms with E-state index in [0.29, 0.717) is 23.7 Å². The van der Waals surface area contributed by atoms with Crippen molar-refractivity contribution in [3.63, 3.8) is 0 Å². The second-order valence-corrected chi connectivity index (χ2v) is 6.68. The van der Waals surface area contributed by atoms with Crippen LogP contribution >= 0.6 is 0 Å². The van der Waals surface area contributed by atoms with Crippen molar-refractivity contribution < 1.29 is 13.2 Å². The number of pyridine rings is 1. The molecule has 0 N–H and O–H groups in total. The van der Waals surface area contributed by atoms with Crippen molar-refractivity contribution in [2.75, 3.05) is 13.1 Å². The third kappa shape index (κ3) is 2.21. The standard InChI is InChI=1S/C14H14N2O3S/c17-11-6-9-16(10-7-11)20(18,19)14-5-1-4-13-12(14)3-2-8-15-13/h1-5,8H,6-7,9-10H2. The molecule has 104 valence electrons. The molecule has 1 aromatic heterocycles. The summed E-state index contributed by atoms with van der Waals surface area (Å²) in [5.41, 5.74) is 0.654. The van der Waals surface area contributed by atoms with Gasteiger partial charge in [-0.1, -0.05) is 6.07 Å². The number of carbonyl (C=O) groups is 1. The average Bonchev–Trinajstić information content (AvgIpc) is 2.47. The fraction of sp³-hybridized carbons (Fsp3) is 0.286. The Balaban J connectivity index is 2.08. The third-order valence-electron chi connectivity index (χ3n) is 3.50. The number of aromatic nitrogens is 1. The van der Waals surface area contributed by atoms with Crippen LogP contribution < -0.4 is 0 Å². The smallest absolute Gasteiger partial charge is 0.243 e. The van der Waals surface area contributed by atoms with Crippen molar-refractivity contribution in [3.8, 4) is 0 Å². The lowest BCUT2D eigenvalue weighted by Gasteiger charge is -2.25. The van der Waals surface area contributed by atoms with Gasteiger partial charge in [0, 0.05) is 37.5 Å². The summed E-state index contributed by atoms with van der Waals surface area (Å²) < 4.78 is 26.8. The first-order chi connectivity index (χ1) is 9.59. The minimum Gasteiger partial charge on any atom is -0.300 e. The van der Waals surface area contributed by atoms with E-state index < -0.39 is 10.0 Å². The summed E-state index contributed by atoms with van der Waals surface area (Å²) in [6, 6.07) is 8.55. The molecule has 1 aliphatic heterocycles. The molecule has 5 nitrogen and oxygen atoms in total. The van der Waals surface area contributed by atoms with Crippen LogP contribution in [0.1, 0.15) is 12.8 Å². The zero-order valence-electron chi connectivity index (χ0n) is 10.8. The fourth-order valence-corrected chi connectivity index (χ4v) is 4.06. The van der Waals surface area contributed by atoms with Gasteiger partial charge in [-0.15, -0.1) is 0 Å². The number of ketones is 1. The van der Waals surface area contributed by atoms with Crippen molar-refractivity contribution in [1.82, 2.24) is 9.29 Å². The first-order valence-electron chi connectivity index (χ1n) is 6.44. The first-order valence-corrected chi connectivity index (χ1v) is 7.88. The number of fused-ring (bicyclic) bond motifs is 1. The number of Topliss-reactive ketones (excluding diaryl/α,β-unsaturated/α-hetero) is 1. The molecule has 0 atom stereocenters. The van der Waals surface area contributed by atoms with Gasteiger partial charge in [0.1, 0.15) is 5.78 Å². The lowest BCUT2D eigenvalue weighted by atomic mass is 10.1. The Labute approximate surface area is 117 Å². The number of hydrogen-bond donors (Lipinski definition) is 0. The molecule has 0 radical (unpaired) electrons. The highest BCUT2D eigenvalue weighted by atomic mass is 32.2. The van der Waals surface area contributed by atoms with Gasteiger partial charge >= 0.3 is 0 Å². The molecule has 0 unspecified atom stereocenters. The van der Waals surface area contributed by atoms with Crippen molar-refractivity contribution in [2.24, 2.45) is 0 Å². The molecule has 0 saturated carbocycles. The summed E-state index contributed by atoms with van der Waals surface area (Å²) in [6.45, 7) is 0.523. The van der Waals surface area contributed by atoms with Crippen molar-refractivity contribution in [1.29, 1.82) is 0 Å². The molecule has 1 aliphatic rings. The Kier molecular flexibility index (Phi) is 3.27. The maximum Gasteiger partial charge on any atom is 0.243 e. The number of sulfonamides is 1. The van der Waals surface area contributed by atoms with Crippen LogP contribution in [-0.2, 0) is 14.8 Å². The van der Waals surface area contributed by atoms with Gasteiger partial charge in [0.2, 0.25) is 10.0 Å². The van der Waals surface area contributed by atoms with Gasteiger partial charge in [0.05, 0.1) is 10.4 Å². The van der Waals surface area contributed by atoms with Gasteiger partial charge in [-0.25, -0.2) is 8.42 Å². The van der Waals surface area contributed by atoms with E-state index in [4.69, 9.17) is 0 Å². The van der Waals surface area contributed by atoms with Crippen LogP contribution in [0.5, 0.6) is 0 Å². The predicted octanol–water partition coefficient (Wildman–Crippen LogP) is 1.59. The number of rotatable bonds is 2. The van der Waals surface area contributed by atoms with E-state index in [9.17, 15) is 13.2 Å². The van der Waals surface area contributed by atoms with Gasteiger partial charge in [-0.05, 0) is 24.3 Å². The summed E-state index contributed by atoms with van der Waals surface area (Å²) >= 11 is 0. The number of nitrogens with zero attached hydrogens (tertiary/aromatic N) is 2. The molecular formula is C14H14N2O3S. The minimum absolute atomic E-state index is 0.121. The van der Waals surface area contributed by atoms with E-state index in [2.05, 4.69) is 4.98 Å². The molecule has 1 saturated heterocycles.